The standard InChI is InChI=1S/C15H20BrN/c16-13-6-7-14-12(10-13)5-8-15(14)17-9-1-2-11-3-4-11/h6-7,10-11,15,17H,1-5,8-9H2. The maximum atomic E-state index is 3.73. The summed E-state index contributed by atoms with van der Waals surface area (Å²) in [6.45, 7) is 1.19. The molecule has 2 heteroatoms. The van der Waals surface area contributed by atoms with Crippen LogP contribution in [0.2, 0.25) is 0 Å². The Morgan fingerprint density at radius 3 is 2.94 bits per heavy atom. The summed E-state index contributed by atoms with van der Waals surface area (Å²) in [6.07, 6.45) is 8.27. The maximum absolute atomic E-state index is 3.73. The molecule has 2 aliphatic rings. The van der Waals surface area contributed by atoms with Crippen molar-refractivity contribution in [1.82, 2.24) is 5.32 Å². The summed E-state index contributed by atoms with van der Waals surface area (Å²) in [5, 5.41) is 3.73. The minimum Gasteiger partial charge on any atom is -0.310 e. The van der Waals surface area contributed by atoms with E-state index >= 15 is 0 Å². The van der Waals surface area contributed by atoms with Crippen LogP contribution in [0.3, 0.4) is 0 Å². The number of aryl methyl sites for hydroxylation is 1. The van der Waals surface area contributed by atoms with E-state index in [0.29, 0.717) is 6.04 Å². The van der Waals surface area contributed by atoms with Crippen molar-refractivity contribution in [3.8, 4) is 0 Å². The highest BCUT2D eigenvalue weighted by Gasteiger charge is 2.23. The first-order valence-electron chi connectivity index (χ1n) is 6.84. The molecule has 0 spiro atoms. The molecule has 1 N–H and O–H groups in total. The average Bonchev–Trinajstić information content (AvgIpc) is 3.06. The van der Waals surface area contributed by atoms with Gasteiger partial charge in [-0.2, -0.15) is 0 Å². The highest BCUT2D eigenvalue weighted by atomic mass is 79.9. The molecule has 92 valence electrons. The van der Waals surface area contributed by atoms with Crippen molar-refractivity contribution < 1.29 is 0 Å². The van der Waals surface area contributed by atoms with Crippen LogP contribution in [0.5, 0.6) is 0 Å². The molecule has 0 aliphatic heterocycles. The van der Waals surface area contributed by atoms with E-state index < -0.39 is 0 Å². The zero-order chi connectivity index (χ0) is 11.7. The van der Waals surface area contributed by atoms with Gasteiger partial charge in [-0.15, -0.1) is 0 Å². The van der Waals surface area contributed by atoms with Crippen molar-refractivity contribution in [1.29, 1.82) is 0 Å². The van der Waals surface area contributed by atoms with E-state index in [0.717, 1.165) is 5.92 Å². The zero-order valence-electron chi connectivity index (χ0n) is 10.2. The Labute approximate surface area is 112 Å². The van der Waals surface area contributed by atoms with Crippen LogP contribution in [0.1, 0.15) is 49.3 Å². The second kappa shape index (κ2) is 5.11. The van der Waals surface area contributed by atoms with Crippen LogP contribution in [0, 0.1) is 5.92 Å². The van der Waals surface area contributed by atoms with Gasteiger partial charge in [0.05, 0.1) is 0 Å². The van der Waals surface area contributed by atoms with Gasteiger partial charge in [0.1, 0.15) is 0 Å². The lowest BCUT2D eigenvalue weighted by molar-refractivity contribution is 0.504. The van der Waals surface area contributed by atoms with Crippen molar-refractivity contribution in [3.63, 3.8) is 0 Å². The molecule has 1 nitrogen and oxygen atoms in total. The summed E-state index contributed by atoms with van der Waals surface area (Å²) in [4.78, 5) is 0. The zero-order valence-corrected chi connectivity index (χ0v) is 11.8. The smallest absolute Gasteiger partial charge is 0.0326 e. The third-order valence-corrected chi connectivity index (χ3v) is 4.55. The number of rotatable bonds is 5. The number of benzene rings is 1. The van der Waals surface area contributed by atoms with Crippen LogP contribution >= 0.6 is 15.9 Å². The van der Waals surface area contributed by atoms with Crippen LogP contribution in [-0.4, -0.2) is 6.54 Å². The molecule has 2 aliphatic carbocycles. The van der Waals surface area contributed by atoms with Crippen molar-refractivity contribution in [2.24, 2.45) is 5.92 Å². The Hall–Kier alpha value is -0.340. The molecule has 1 atom stereocenters. The molecule has 1 aromatic carbocycles. The number of nitrogens with one attached hydrogen (secondary N) is 1. The van der Waals surface area contributed by atoms with Crippen LogP contribution < -0.4 is 5.32 Å². The van der Waals surface area contributed by atoms with Gasteiger partial charge in [0, 0.05) is 10.5 Å². The molecule has 1 saturated carbocycles. The SMILES string of the molecule is Brc1ccc2c(c1)CCC2NCCCC1CC1. The summed E-state index contributed by atoms with van der Waals surface area (Å²) in [5.74, 6) is 1.07. The van der Waals surface area contributed by atoms with Gasteiger partial charge in [-0.05, 0) is 61.4 Å². The third kappa shape index (κ3) is 2.92. The van der Waals surface area contributed by atoms with Crippen LogP contribution in [0.4, 0.5) is 0 Å². The fourth-order valence-electron chi connectivity index (χ4n) is 2.87. The van der Waals surface area contributed by atoms with E-state index in [1.54, 1.807) is 0 Å². The number of hydrogen-bond donors (Lipinski definition) is 1. The Morgan fingerprint density at radius 2 is 2.12 bits per heavy atom. The van der Waals surface area contributed by atoms with E-state index in [1.165, 1.54) is 60.7 Å². The van der Waals surface area contributed by atoms with Gasteiger partial charge < -0.3 is 5.32 Å². The molecule has 0 aromatic heterocycles. The normalized spacial score (nSPS) is 22.8. The number of fused-ring (bicyclic) bond motifs is 1. The number of halogens is 1. The first kappa shape index (κ1) is 11.7. The van der Waals surface area contributed by atoms with E-state index in [9.17, 15) is 0 Å². The largest absolute Gasteiger partial charge is 0.310 e. The second-order valence-corrected chi connectivity index (χ2v) is 6.39. The quantitative estimate of drug-likeness (QED) is 0.802. The molecule has 3 rings (SSSR count). The van der Waals surface area contributed by atoms with E-state index in [4.69, 9.17) is 0 Å². The molecule has 1 fully saturated rings. The van der Waals surface area contributed by atoms with E-state index in [1.807, 2.05) is 0 Å². The lowest BCUT2D eigenvalue weighted by atomic mass is 10.1. The summed E-state index contributed by atoms with van der Waals surface area (Å²) in [5.41, 5.74) is 3.05. The van der Waals surface area contributed by atoms with E-state index in [2.05, 4.69) is 39.4 Å². The van der Waals surface area contributed by atoms with Crippen LogP contribution in [0.25, 0.3) is 0 Å². The summed E-state index contributed by atoms with van der Waals surface area (Å²) in [7, 11) is 0. The third-order valence-electron chi connectivity index (χ3n) is 4.06. The number of hydrogen-bond acceptors (Lipinski definition) is 1. The Bertz CT molecular complexity index is 398. The monoisotopic (exact) mass is 293 g/mol. The van der Waals surface area contributed by atoms with Gasteiger partial charge >= 0.3 is 0 Å². The highest BCUT2D eigenvalue weighted by molar-refractivity contribution is 9.10. The van der Waals surface area contributed by atoms with Gasteiger partial charge in [0.15, 0.2) is 0 Å². The van der Waals surface area contributed by atoms with Crippen molar-refractivity contribution >= 4 is 15.9 Å². The van der Waals surface area contributed by atoms with Crippen LogP contribution in [0.15, 0.2) is 22.7 Å². The Kier molecular flexibility index (Phi) is 3.53. The van der Waals surface area contributed by atoms with Gasteiger partial charge in [0.25, 0.3) is 0 Å². The Balaban J connectivity index is 1.52. The first-order valence-corrected chi connectivity index (χ1v) is 7.64. The molecule has 0 amide bonds. The fraction of sp³-hybridized carbons (Fsp3) is 0.600. The lowest BCUT2D eigenvalue weighted by Gasteiger charge is -2.14. The predicted molar refractivity (Wildman–Crippen MR) is 75.2 cm³/mol. The lowest BCUT2D eigenvalue weighted by Crippen LogP contribution is -2.20. The van der Waals surface area contributed by atoms with Gasteiger partial charge in [-0.25, -0.2) is 0 Å². The molecule has 1 unspecified atom stereocenters. The summed E-state index contributed by atoms with van der Waals surface area (Å²) >= 11 is 3.55. The minimum atomic E-state index is 0.609. The van der Waals surface area contributed by atoms with Crippen molar-refractivity contribution in [2.45, 2.75) is 44.6 Å². The minimum absolute atomic E-state index is 0.609. The molecule has 1 aromatic rings. The maximum Gasteiger partial charge on any atom is 0.0326 e. The highest BCUT2D eigenvalue weighted by Crippen LogP contribution is 2.34. The molecule has 0 radical (unpaired) electrons. The summed E-state index contributed by atoms with van der Waals surface area (Å²) < 4.78 is 1.21. The van der Waals surface area contributed by atoms with Gasteiger partial charge in [0.2, 0.25) is 0 Å². The fourth-order valence-corrected chi connectivity index (χ4v) is 3.28. The molecule has 0 bridgehead atoms. The molecule has 0 saturated heterocycles. The van der Waals surface area contributed by atoms with Crippen molar-refractivity contribution in [3.05, 3.63) is 33.8 Å². The van der Waals surface area contributed by atoms with E-state index in [-0.39, 0.29) is 0 Å². The van der Waals surface area contributed by atoms with Gasteiger partial charge in [-0.1, -0.05) is 34.8 Å². The Morgan fingerprint density at radius 1 is 1.24 bits per heavy atom. The second-order valence-electron chi connectivity index (χ2n) is 5.47. The van der Waals surface area contributed by atoms with Gasteiger partial charge in [-0.3, -0.25) is 0 Å². The summed E-state index contributed by atoms with van der Waals surface area (Å²) in [6, 6.07) is 7.34. The topological polar surface area (TPSA) is 12.0 Å². The molecular weight excluding hydrogens is 274 g/mol. The average molecular weight is 294 g/mol. The molecular formula is C15H20BrN. The molecule has 0 heterocycles. The predicted octanol–water partition coefficient (Wildman–Crippen LogP) is 4.22. The van der Waals surface area contributed by atoms with Crippen LogP contribution in [-0.2, 0) is 6.42 Å². The first-order chi connectivity index (χ1) is 8.33. The molecule has 17 heavy (non-hydrogen) atoms. The van der Waals surface area contributed by atoms with Crippen molar-refractivity contribution in [2.75, 3.05) is 6.54 Å².